The minimum absolute atomic E-state index is 0.0799. The van der Waals surface area contributed by atoms with E-state index >= 15 is 0 Å². The number of H-pyrrole nitrogens is 1. The van der Waals surface area contributed by atoms with Gasteiger partial charge in [0.2, 0.25) is 5.91 Å². The van der Waals surface area contributed by atoms with Crippen LogP contribution in [0.1, 0.15) is 45.4 Å². The van der Waals surface area contributed by atoms with Gasteiger partial charge < -0.3 is 16.0 Å². The number of hydrogen-bond acceptors (Lipinski definition) is 3. The topological polar surface area (TPSA) is 94.2 Å². The third-order valence-electron chi connectivity index (χ3n) is 3.09. The second-order valence-corrected chi connectivity index (χ2v) is 6.54. The summed E-state index contributed by atoms with van der Waals surface area (Å²) in [6.45, 7) is 11.6. The molecule has 1 aromatic rings. The van der Waals surface area contributed by atoms with Crippen LogP contribution in [0.2, 0.25) is 0 Å². The number of hydrogen-bond donors (Lipinski definition) is 4. The fourth-order valence-electron chi connectivity index (χ4n) is 2.06. The molecule has 1 amide bonds. The van der Waals surface area contributed by atoms with Gasteiger partial charge in [-0.15, -0.1) is 0 Å². The van der Waals surface area contributed by atoms with E-state index in [4.69, 9.17) is 0 Å². The van der Waals surface area contributed by atoms with Gasteiger partial charge >= 0.3 is 0 Å². The molecule has 1 aromatic heterocycles. The predicted molar refractivity (Wildman–Crippen MR) is 93.5 cm³/mol. The number of aromatic nitrogens is 2. The number of rotatable bonds is 7. The molecule has 0 aliphatic carbocycles. The molecule has 23 heavy (non-hydrogen) atoms. The van der Waals surface area contributed by atoms with Crippen molar-refractivity contribution >= 4 is 11.9 Å². The Morgan fingerprint density at radius 1 is 1.35 bits per heavy atom. The summed E-state index contributed by atoms with van der Waals surface area (Å²) in [4.78, 5) is 16.1. The van der Waals surface area contributed by atoms with Crippen molar-refractivity contribution in [3.05, 3.63) is 17.5 Å². The average Bonchev–Trinajstić information content (AvgIpc) is 2.84. The Bertz CT molecular complexity index is 515. The molecule has 0 fully saturated rings. The molecular weight excluding hydrogens is 292 g/mol. The van der Waals surface area contributed by atoms with E-state index in [0.717, 1.165) is 31.6 Å². The van der Waals surface area contributed by atoms with Crippen LogP contribution in [0.25, 0.3) is 0 Å². The third-order valence-corrected chi connectivity index (χ3v) is 3.09. The number of nitrogens with zero attached hydrogens (tertiary/aromatic N) is 2. The number of aliphatic imine (C=N–C) groups is 1. The molecule has 7 nitrogen and oxygen atoms in total. The molecule has 1 rings (SSSR count). The van der Waals surface area contributed by atoms with Crippen molar-refractivity contribution in [1.82, 2.24) is 26.1 Å². The first-order valence-electron chi connectivity index (χ1n) is 8.14. The Kier molecular flexibility index (Phi) is 7.57. The number of aromatic amines is 1. The zero-order valence-electron chi connectivity index (χ0n) is 14.9. The quantitative estimate of drug-likeness (QED) is 0.344. The smallest absolute Gasteiger partial charge is 0.242 e. The number of carbonyl (C=O) groups excluding carboxylic acids is 1. The van der Waals surface area contributed by atoms with E-state index in [1.807, 2.05) is 40.8 Å². The largest absolute Gasteiger partial charge is 0.357 e. The number of aryl methyl sites for hydroxylation is 2. The molecule has 0 aliphatic heterocycles. The zero-order chi connectivity index (χ0) is 17.3. The minimum Gasteiger partial charge on any atom is -0.357 e. The molecular formula is C16H30N6O. The highest BCUT2D eigenvalue weighted by atomic mass is 16.2. The van der Waals surface area contributed by atoms with Crippen LogP contribution < -0.4 is 16.0 Å². The van der Waals surface area contributed by atoms with Crippen LogP contribution in [0.15, 0.2) is 11.2 Å². The van der Waals surface area contributed by atoms with E-state index < -0.39 is 0 Å². The molecule has 0 saturated heterocycles. The van der Waals surface area contributed by atoms with Crippen LogP contribution in [0, 0.1) is 6.92 Å². The van der Waals surface area contributed by atoms with E-state index in [1.54, 1.807) is 0 Å². The lowest BCUT2D eigenvalue weighted by Crippen LogP contribution is -2.43. The Balaban J connectivity index is 2.37. The van der Waals surface area contributed by atoms with Crippen molar-refractivity contribution in [3.63, 3.8) is 0 Å². The molecule has 0 saturated carbocycles. The van der Waals surface area contributed by atoms with Gasteiger partial charge in [-0.25, -0.2) is 4.99 Å². The highest BCUT2D eigenvalue weighted by Crippen LogP contribution is 2.04. The predicted octanol–water partition coefficient (Wildman–Crippen LogP) is 1.12. The average molecular weight is 322 g/mol. The lowest BCUT2D eigenvalue weighted by Gasteiger charge is -2.20. The fraction of sp³-hybridized carbons (Fsp3) is 0.688. The standard InChI is InChI=1S/C16H30N6O/c1-6-17-15(19-11-14(23)21-16(3,4)5)18-9-7-8-13-10-20-22-12(13)2/h10H,6-9,11H2,1-5H3,(H,20,22)(H,21,23)(H2,17,18,19). The summed E-state index contributed by atoms with van der Waals surface area (Å²) in [6.07, 6.45) is 3.80. The SMILES string of the molecule is CCNC(=NCC(=O)NC(C)(C)C)NCCCc1cn[nH]c1C. The maximum absolute atomic E-state index is 11.8. The van der Waals surface area contributed by atoms with Gasteiger partial charge in [0.15, 0.2) is 5.96 Å². The third kappa shape index (κ3) is 8.23. The monoisotopic (exact) mass is 322 g/mol. The van der Waals surface area contributed by atoms with Crippen molar-refractivity contribution in [2.24, 2.45) is 4.99 Å². The highest BCUT2D eigenvalue weighted by molar-refractivity contribution is 5.85. The van der Waals surface area contributed by atoms with Crippen molar-refractivity contribution in [2.45, 2.75) is 53.0 Å². The van der Waals surface area contributed by atoms with E-state index in [0.29, 0.717) is 5.96 Å². The molecule has 0 radical (unpaired) electrons. The molecule has 7 heteroatoms. The number of amides is 1. The van der Waals surface area contributed by atoms with Crippen LogP contribution in [-0.2, 0) is 11.2 Å². The van der Waals surface area contributed by atoms with Crippen molar-refractivity contribution in [1.29, 1.82) is 0 Å². The second kappa shape index (κ2) is 9.17. The highest BCUT2D eigenvalue weighted by Gasteiger charge is 2.13. The molecule has 4 N–H and O–H groups in total. The molecule has 0 aromatic carbocycles. The molecule has 0 atom stereocenters. The Hall–Kier alpha value is -2.05. The Labute approximate surface area is 138 Å². The van der Waals surface area contributed by atoms with E-state index in [2.05, 4.69) is 31.1 Å². The van der Waals surface area contributed by atoms with Crippen LogP contribution in [0.3, 0.4) is 0 Å². The van der Waals surface area contributed by atoms with E-state index in [1.165, 1.54) is 5.56 Å². The van der Waals surface area contributed by atoms with Crippen LogP contribution in [-0.4, -0.2) is 47.2 Å². The van der Waals surface area contributed by atoms with Gasteiger partial charge in [-0.05, 0) is 53.0 Å². The number of carbonyl (C=O) groups is 1. The lowest BCUT2D eigenvalue weighted by atomic mass is 10.1. The van der Waals surface area contributed by atoms with Gasteiger partial charge in [-0.2, -0.15) is 5.10 Å². The maximum Gasteiger partial charge on any atom is 0.242 e. The lowest BCUT2D eigenvalue weighted by molar-refractivity contribution is -0.121. The van der Waals surface area contributed by atoms with Gasteiger partial charge in [0.1, 0.15) is 6.54 Å². The van der Waals surface area contributed by atoms with Crippen LogP contribution in [0.5, 0.6) is 0 Å². The molecule has 130 valence electrons. The van der Waals surface area contributed by atoms with E-state index in [-0.39, 0.29) is 18.0 Å². The molecule has 0 aliphatic rings. The van der Waals surface area contributed by atoms with Crippen molar-refractivity contribution in [2.75, 3.05) is 19.6 Å². The van der Waals surface area contributed by atoms with Gasteiger partial charge in [-0.3, -0.25) is 9.89 Å². The molecule has 1 heterocycles. The summed E-state index contributed by atoms with van der Waals surface area (Å²) in [5.74, 6) is 0.587. The minimum atomic E-state index is -0.235. The first-order chi connectivity index (χ1) is 10.8. The summed E-state index contributed by atoms with van der Waals surface area (Å²) in [6, 6.07) is 0. The van der Waals surface area contributed by atoms with Crippen LogP contribution >= 0.6 is 0 Å². The molecule has 0 spiro atoms. The summed E-state index contributed by atoms with van der Waals surface area (Å²) in [5.41, 5.74) is 2.11. The Morgan fingerprint density at radius 2 is 2.09 bits per heavy atom. The van der Waals surface area contributed by atoms with E-state index in [9.17, 15) is 4.79 Å². The summed E-state index contributed by atoms with van der Waals surface area (Å²) in [5, 5.41) is 16.2. The summed E-state index contributed by atoms with van der Waals surface area (Å²) >= 11 is 0. The van der Waals surface area contributed by atoms with Gasteiger partial charge in [-0.1, -0.05) is 0 Å². The number of nitrogens with one attached hydrogen (secondary N) is 4. The van der Waals surface area contributed by atoms with Gasteiger partial charge in [0.25, 0.3) is 0 Å². The molecule has 0 unspecified atom stereocenters. The van der Waals surface area contributed by atoms with Crippen molar-refractivity contribution in [3.8, 4) is 0 Å². The second-order valence-electron chi connectivity index (χ2n) is 6.54. The van der Waals surface area contributed by atoms with Gasteiger partial charge in [0.05, 0.1) is 6.20 Å². The summed E-state index contributed by atoms with van der Waals surface area (Å²) in [7, 11) is 0. The van der Waals surface area contributed by atoms with Gasteiger partial charge in [0, 0.05) is 24.3 Å². The fourth-order valence-corrected chi connectivity index (χ4v) is 2.06. The maximum atomic E-state index is 11.8. The number of guanidine groups is 1. The van der Waals surface area contributed by atoms with Crippen molar-refractivity contribution < 1.29 is 4.79 Å². The first kappa shape index (κ1) is 19.0. The normalized spacial score (nSPS) is 12.1. The molecule has 0 bridgehead atoms. The first-order valence-corrected chi connectivity index (χ1v) is 8.14. The Morgan fingerprint density at radius 3 is 2.65 bits per heavy atom. The zero-order valence-corrected chi connectivity index (χ0v) is 14.9. The summed E-state index contributed by atoms with van der Waals surface area (Å²) < 4.78 is 0. The van der Waals surface area contributed by atoms with Crippen LogP contribution in [0.4, 0.5) is 0 Å².